The van der Waals surface area contributed by atoms with E-state index in [1.165, 1.54) is 13.0 Å². The highest BCUT2D eigenvalue weighted by atomic mass is 32.1. The molecule has 21 heavy (non-hydrogen) atoms. The van der Waals surface area contributed by atoms with E-state index in [4.69, 9.17) is 5.11 Å². The summed E-state index contributed by atoms with van der Waals surface area (Å²) in [5, 5.41) is 24.5. The maximum atomic E-state index is 11.0. The molecule has 2 rings (SSSR count). The SMILES string of the molecule is Cc1c(NCc2csc(=O)[nH]2)cc(C(=O)O)cc1[N+](=O)[O-]. The fraction of sp³-hybridized carbons (Fsp3) is 0.167. The highest BCUT2D eigenvalue weighted by Gasteiger charge is 2.19. The Hall–Kier alpha value is -2.68. The number of hydrogen-bond donors (Lipinski definition) is 3. The quantitative estimate of drug-likeness (QED) is 0.572. The molecule has 0 saturated heterocycles. The number of nitro groups is 1. The molecule has 110 valence electrons. The molecule has 1 aromatic heterocycles. The smallest absolute Gasteiger partial charge is 0.336 e. The number of rotatable bonds is 5. The van der Waals surface area contributed by atoms with Crippen LogP contribution >= 0.6 is 11.3 Å². The van der Waals surface area contributed by atoms with Crippen molar-refractivity contribution >= 4 is 28.7 Å². The van der Waals surface area contributed by atoms with Gasteiger partial charge in [-0.1, -0.05) is 11.3 Å². The number of nitrogens with one attached hydrogen (secondary N) is 2. The topological polar surface area (TPSA) is 125 Å². The molecular formula is C12H11N3O5S. The summed E-state index contributed by atoms with van der Waals surface area (Å²) >= 11 is 1.01. The van der Waals surface area contributed by atoms with Gasteiger partial charge < -0.3 is 15.4 Å². The van der Waals surface area contributed by atoms with Crippen LogP contribution in [0.1, 0.15) is 21.6 Å². The Balaban J connectivity index is 2.35. The Labute approximate surface area is 122 Å². The Morgan fingerprint density at radius 3 is 2.76 bits per heavy atom. The van der Waals surface area contributed by atoms with Crippen LogP contribution in [0, 0.1) is 17.0 Å². The van der Waals surface area contributed by atoms with Gasteiger partial charge in [0.25, 0.3) is 5.69 Å². The molecular weight excluding hydrogens is 298 g/mol. The van der Waals surface area contributed by atoms with E-state index in [9.17, 15) is 19.7 Å². The fourth-order valence-electron chi connectivity index (χ4n) is 1.79. The number of aromatic carboxylic acids is 1. The van der Waals surface area contributed by atoms with Gasteiger partial charge in [-0.05, 0) is 13.0 Å². The van der Waals surface area contributed by atoms with E-state index in [1.807, 2.05) is 0 Å². The average Bonchev–Trinajstić information content (AvgIpc) is 2.82. The molecule has 0 atom stereocenters. The third-order valence-corrected chi connectivity index (χ3v) is 3.58. The van der Waals surface area contributed by atoms with Gasteiger partial charge in [-0.3, -0.25) is 14.9 Å². The van der Waals surface area contributed by atoms with Crippen LogP contribution in [0.25, 0.3) is 0 Å². The van der Waals surface area contributed by atoms with Crippen LogP contribution in [0.15, 0.2) is 22.3 Å². The zero-order valence-electron chi connectivity index (χ0n) is 10.9. The maximum absolute atomic E-state index is 11.0. The zero-order valence-corrected chi connectivity index (χ0v) is 11.7. The molecule has 9 heteroatoms. The minimum absolute atomic E-state index is 0.173. The molecule has 0 radical (unpaired) electrons. The predicted molar refractivity (Wildman–Crippen MR) is 77.1 cm³/mol. The Morgan fingerprint density at radius 1 is 1.52 bits per heavy atom. The van der Waals surface area contributed by atoms with Gasteiger partial charge in [0, 0.05) is 28.4 Å². The van der Waals surface area contributed by atoms with Crippen molar-refractivity contribution in [2.75, 3.05) is 5.32 Å². The molecule has 8 nitrogen and oxygen atoms in total. The fourth-order valence-corrected chi connectivity index (χ4v) is 2.37. The number of hydrogen-bond acceptors (Lipinski definition) is 6. The molecule has 0 aliphatic rings. The van der Waals surface area contributed by atoms with E-state index >= 15 is 0 Å². The molecule has 0 spiro atoms. The van der Waals surface area contributed by atoms with Gasteiger partial charge >= 0.3 is 10.8 Å². The minimum atomic E-state index is -1.25. The number of thiazole rings is 1. The van der Waals surface area contributed by atoms with Gasteiger partial charge in [0.2, 0.25) is 0 Å². The lowest BCUT2D eigenvalue weighted by Gasteiger charge is -2.10. The number of anilines is 1. The summed E-state index contributed by atoms with van der Waals surface area (Å²) in [6.45, 7) is 1.77. The zero-order chi connectivity index (χ0) is 15.6. The second-order valence-electron chi connectivity index (χ2n) is 4.26. The lowest BCUT2D eigenvalue weighted by atomic mass is 10.1. The predicted octanol–water partition coefficient (Wildman–Crippen LogP) is 1.96. The Bertz CT molecular complexity index is 764. The largest absolute Gasteiger partial charge is 0.478 e. The van der Waals surface area contributed by atoms with Gasteiger partial charge in [0.15, 0.2) is 0 Å². The van der Waals surface area contributed by atoms with Crippen molar-refractivity contribution in [3.63, 3.8) is 0 Å². The van der Waals surface area contributed by atoms with Crippen LogP contribution in [0.3, 0.4) is 0 Å². The van der Waals surface area contributed by atoms with Crippen molar-refractivity contribution in [2.24, 2.45) is 0 Å². The molecule has 0 aliphatic carbocycles. The summed E-state index contributed by atoms with van der Waals surface area (Å²) in [6.07, 6.45) is 0. The average molecular weight is 309 g/mol. The van der Waals surface area contributed by atoms with Crippen LogP contribution in [-0.2, 0) is 6.54 Å². The summed E-state index contributed by atoms with van der Waals surface area (Å²) in [5.74, 6) is -1.25. The van der Waals surface area contributed by atoms with Gasteiger partial charge in [0.05, 0.1) is 17.0 Å². The number of carbonyl (C=O) groups is 1. The molecule has 1 heterocycles. The number of aromatic nitrogens is 1. The number of carboxylic acid groups (broad SMARTS) is 1. The van der Waals surface area contributed by atoms with Crippen LogP contribution in [-0.4, -0.2) is 21.0 Å². The molecule has 0 aliphatic heterocycles. The molecule has 0 bridgehead atoms. The summed E-state index contributed by atoms with van der Waals surface area (Å²) in [7, 11) is 0. The van der Waals surface area contributed by atoms with Gasteiger partial charge in [-0.15, -0.1) is 0 Å². The normalized spacial score (nSPS) is 10.3. The van der Waals surface area contributed by atoms with Crippen molar-refractivity contribution in [1.82, 2.24) is 4.98 Å². The molecule has 3 N–H and O–H groups in total. The summed E-state index contributed by atoms with van der Waals surface area (Å²) in [5.41, 5.74) is 0.855. The number of aromatic amines is 1. The van der Waals surface area contributed by atoms with Gasteiger partial charge in [0.1, 0.15) is 0 Å². The molecule has 2 aromatic rings. The van der Waals surface area contributed by atoms with E-state index < -0.39 is 10.9 Å². The third-order valence-electron chi connectivity index (χ3n) is 2.86. The van der Waals surface area contributed by atoms with Crippen LogP contribution in [0.2, 0.25) is 0 Å². The van der Waals surface area contributed by atoms with E-state index in [2.05, 4.69) is 10.3 Å². The summed E-state index contributed by atoms with van der Waals surface area (Å²) in [6, 6.07) is 2.35. The number of nitro benzene ring substituents is 1. The molecule has 0 saturated carbocycles. The van der Waals surface area contributed by atoms with Crippen molar-refractivity contribution in [2.45, 2.75) is 13.5 Å². The van der Waals surface area contributed by atoms with E-state index in [0.29, 0.717) is 16.9 Å². The number of benzene rings is 1. The standard InChI is InChI=1S/C12H11N3O5S/c1-6-9(13-4-8-5-21-12(18)14-8)2-7(11(16)17)3-10(6)15(19)20/h2-3,5,13H,4H2,1H3,(H,14,18)(H,16,17). The van der Waals surface area contributed by atoms with Crippen molar-refractivity contribution < 1.29 is 14.8 Å². The van der Waals surface area contributed by atoms with Crippen LogP contribution in [0.4, 0.5) is 11.4 Å². The number of nitrogens with zero attached hydrogens (tertiary/aromatic N) is 1. The monoisotopic (exact) mass is 309 g/mol. The molecule has 0 fully saturated rings. The minimum Gasteiger partial charge on any atom is -0.478 e. The maximum Gasteiger partial charge on any atom is 0.336 e. The van der Waals surface area contributed by atoms with E-state index in [1.54, 1.807) is 5.38 Å². The molecule has 1 aromatic carbocycles. The van der Waals surface area contributed by atoms with Crippen molar-refractivity contribution in [1.29, 1.82) is 0 Å². The van der Waals surface area contributed by atoms with Gasteiger partial charge in [-0.25, -0.2) is 4.79 Å². The third kappa shape index (κ3) is 3.26. The summed E-state index contributed by atoms with van der Waals surface area (Å²) < 4.78 is 0. The molecule has 0 unspecified atom stereocenters. The number of H-pyrrole nitrogens is 1. The second kappa shape index (κ2) is 5.75. The first-order chi connectivity index (χ1) is 9.88. The van der Waals surface area contributed by atoms with Crippen LogP contribution < -0.4 is 10.2 Å². The van der Waals surface area contributed by atoms with E-state index in [-0.39, 0.29) is 22.7 Å². The second-order valence-corrected chi connectivity index (χ2v) is 5.10. The lowest BCUT2D eigenvalue weighted by molar-refractivity contribution is -0.385. The van der Waals surface area contributed by atoms with Crippen LogP contribution in [0.5, 0.6) is 0 Å². The van der Waals surface area contributed by atoms with Gasteiger partial charge in [-0.2, -0.15) is 0 Å². The first kappa shape index (κ1) is 14.7. The summed E-state index contributed by atoms with van der Waals surface area (Å²) in [4.78, 5) is 34.8. The highest BCUT2D eigenvalue weighted by Crippen LogP contribution is 2.28. The Kier molecular flexibility index (Phi) is 4.03. The Morgan fingerprint density at radius 2 is 2.24 bits per heavy atom. The van der Waals surface area contributed by atoms with Crippen molar-refractivity contribution in [3.05, 3.63) is 54.1 Å². The highest BCUT2D eigenvalue weighted by molar-refractivity contribution is 7.07. The van der Waals surface area contributed by atoms with Crippen molar-refractivity contribution in [3.8, 4) is 0 Å². The first-order valence-corrected chi connectivity index (χ1v) is 6.69. The number of carboxylic acids is 1. The lowest BCUT2D eigenvalue weighted by Crippen LogP contribution is -2.07. The van der Waals surface area contributed by atoms with E-state index in [0.717, 1.165) is 17.4 Å². The molecule has 0 amide bonds. The first-order valence-electron chi connectivity index (χ1n) is 5.81.